The number of ether oxygens (including phenoxy) is 1. The number of rotatable bonds is 6. The van der Waals surface area contributed by atoms with Crippen LogP contribution in [0.4, 0.5) is 0 Å². The van der Waals surface area contributed by atoms with Gasteiger partial charge in [-0.1, -0.05) is 75.2 Å². The molecule has 0 heterocycles. The van der Waals surface area contributed by atoms with Crippen LogP contribution in [-0.4, -0.2) is 6.61 Å². The molecule has 0 radical (unpaired) electrons. The molecule has 0 aliphatic heterocycles. The SMILES string of the molecule is CC.CCC/C(=C\c1ccccc1C)COc1ccc(C)cc1. The molecule has 0 unspecified atom stereocenters. The van der Waals surface area contributed by atoms with E-state index >= 15 is 0 Å². The third-order valence-electron chi connectivity index (χ3n) is 3.56. The minimum Gasteiger partial charge on any atom is -0.489 e. The van der Waals surface area contributed by atoms with Crippen molar-refractivity contribution in [1.29, 1.82) is 0 Å². The maximum absolute atomic E-state index is 5.92. The van der Waals surface area contributed by atoms with E-state index in [1.54, 1.807) is 0 Å². The number of hydrogen-bond donors (Lipinski definition) is 0. The Labute approximate surface area is 142 Å². The maximum Gasteiger partial charge on any atom is 0.119 e. The molecule has 124 valence electrons. The fourth-order valence-corrected chi connectivity index (χ4v) is 2.29. The topological polar surface area (TPSA) is 9.23 Å². The van der Waals surface area contributed by atoms with Gasteiger partial charge < -0.3 is 4.74 Å². The average Bonchev–Trinajstić information content (AvgIpc) is 2.58. The van der Waals surface area contributed by atoms with Crippen molar-refractivity contribution in [1.82, 2.24) is 0 Å². The van der Waals surface area contributed by atoms with E-state index in [0.29, 0.717) is 6.61 Å². The molecule has 0 aliphatic carbocycles. The Morgan fingerprint density at radius 1 is 0.957 bits per heavy atom. The van der Waals surface area contributed by atoms with Gasteiger partial charge in [-0.3, -0.25) is 0 Å². The number of hydrogen-bond acceptors (Lipinski definition) is 1. The van der Waals surface area contributed by atoms with Crippen LogP contribution in [0, 0.1) is 13.8 Å². The molecule has 0 saturated heterocycles. The zero-order valence-electron chi connectivity index (χ0n) is 15.2. The van der Waals surface area contributed by atoms with Crippen molar-refractivity contribution >= 4 is 6.08 Å². The predicted octanol–water partition coefficient (Wildman–Crippen LogP) is 6.59. The highest BCUT2D eigenvalue weighted by atomic mass is 16.5. The summed E-state index contributed by atoms with van der Waals surface area (Å²) in [6.45, 7) is 11.1. The van der Waals surface area contributed by atoms with Gasteiger partial charge in [0.1, 0.15) is 12.4 Å². The molecule has 0 saturated carbocycles. The molecule has 0 amide bonds. The second kappa shape index (κ2) is 10.7. The van der Waals surface area contributed by atoms with E-state index in [2.05, 4.69) is 63.2 Å². The van der Waals surface area contributed by atoms with Crippen molar-refractivity contribution in [2.45, 2.75) is 47.5 Å². The molecule has 1 heteroatoms. The third-order valence-corrected chi connectivity index (χ3v) is 3.56. The van der Waals surface area contributed by atoms with Crippen LogP contribution in [0.15, 0.2) is 54.1 Å². The largest absolute Gasteiger partial charge is 0.489 e. The third kappa shape index (κ3) is 6.73. The summed E-state index contributed by atoms with van der Waals surface area (Å²) >= 11 is 0. The Kier molecular flexibility index (Phi) is 8.82. The highest BCUT2D eigenvalue weighted by molar-refractivity contribution is 5.56. The van der Waals surface area contributed by atoms with Gasteiger partial charge in [0.05, 0.1) is 0 Å². The van der Waals surface area contributed by atoms with E-state index in [-0.39, 0.29) is 0 Å². The summed E-state index contributed by atoms with van der Waals surface area (Å²) in [5.74, 6) is 0.937. The van der Waals surface area contributed by atoms with Crippen LogP contribution in [0.3, 0.4) is 0 Å². The summed E-state index contributed by atoms with van der Waals surface area (Å²) in [6, 6.07) is 16.7. The Bertz CT molecular complexity index is 594. The summed E-state index contributed by atoms with van der Waals surface area (Å²) in [6.07, 6.45) is 4.47. The molecule has 0 bridgehead atoms. The Morgan fingerprint density at radius 3 is 2.22 bits per heavy atom. The van der Waals surface area contributed by atoms with Gasteiger partial charge >= 0.3 is 0 Å². The fourth-order valence-electron chi connectivity index (χ4n) is 2.29. The van der Waals surface area contributed by atoms with Crippen LogP contribution in [0.1, 0.15) is 50.3 Å². The monoisotopic (exact) mass is 310 g/mol. The molecular formula is C22H30O. The Morgan fingerprint density at radius 2 is 1.61 bits per heavy atom. The second-order valence-corrected chi connectivity index (χ2v) is 5.51. The molecule has 0 aromatic heterocycles. The highest BCUT2D eigenvalue weighted by Gasteiger charge is 2.01. The first-order chi connectivity index (χ1) is 11.2. The normalized spacial score (nSPS) is 10.7. The Balaban J connectivity index is 0.00000127. The molecule has 2 rings (SSSR count). The summed E-state index contributed by atoms with van der Waals surface area (Å²) in [5, 5.41) is 0. The summed E-state index contributed by atoms with van der Waals surface area (Å²) < 4.78 is 5.92. The number of benzene rings is 2. The van der Waals surface area contributed by atoms with Crippen LogP contribution >= 0.6 is 0 Å². The lowest BCUT2D eigenvalue weighted by atomic mass is 10.0. The molecule has 0 atom stereocenters. The fraction of sp³-hybridized carbons (Fsp3) is 0.364. The van der Waals surface area contributed by atoms with Gasteiger partial charge in [-0.2, -0.15) is 0 Å². The highest BCUT2D eigenvalue weighted by Crippen LogP contribution is 2.18. The van der Waals surface area contributed by atoms with Gasteiger partial charge in [-0.05, 0) is 49.1 Å². The van der Waals surface area contributed by atoms with Gasteiger partial charge in [-0.25, -0.2) is 0 Å². The van der Waals surface area contributed by atoms with Crippen LogP contribution in [0.5, 0.6) is 5.75 Å². The van der Waals surface area contributed by atoms with Crippen molar-refractivity contribution in [3.63, 3.8) is 0 Å². The molecule has 1 nitrogen and oxygen atoms in total. The van der Waals surface area contributed by atoms with Crippen molar-refractivity contribution in [3.05, 3.63) is 70.8 Å². The molecule has 2 aromatic rings. The molecule has 0 fully saturated rings. The Hall–Kier alpha value is -2.02. The van der Waals surface area contributed by atoms with Gasteiger partial charge in [0, 0.05) is 0 Å². The quantitative estimate of drug-likeness (QED) is 0.584. The van der Waals surface area contributed by atoms with Crippen molar-refractivity contribution in [2.24, 2.45) is 0 Å². The first-order valence-electron chi connectivity index (χ1n) is 8.63. The van der Waals surface area contributed by atoms with E-state index < -0.39 is 0 Å². The zero-order chi connectivity index (χ0) is 17.1. The van der Waals surface area contributed by atoms with E-state index in [1.165, 1.54) is 22.3 Å². The van der Waals surface area contributed by atoms with Gasteiger partial charge in [0.25, 0.3) is 0 Å². The minimum atomic E-state index is 0.658. The summed E-state index contributed by atoms with van der Waals surface area (Å²) in [4.78, 5) is 0. The van der Waals surface area contributed by atoms with E-state index in [1.807, 2.05) is 26.0 Å². The van der Waals surface area contributed by atoms with E-state index in [9.17, 15) is 0 Å². The molecule has 0 N–H and O–H groups in total. The van der Waals surface area contributed by atoms with Crippen molar-refractivity contribution in [2.75, 3.05) is 6.61 Å². The van der Waals surface area contributed by atoms with Crippen LogP contribution in [0.2, 0.25) is 0 Å². The second-order valence-electron chi connectivity index (χ2n) is 5.51. The van der Waals surface area contributed by atoms with E-state index in [4.69, 9.17) is 4.74 Å². The maximum atomic E-state index is 5.92. The first kappa shape index (κ1) is 19.0. The smallest absolute Gasteiger partial charge is 0.119 e. The van der Waals surface area contributed by atoms with E-state index in [0.717, 1.165) is 18.6 Å². The summed E-state index contributed by atoms with van der Waals surface area (Å²) in [7, 11) is 0. The lowest BCUT2D eigenvalue weighted by Gasteiger charge is -2.11. The van der Waals surface area contributed by atoms with Gasteiger partial charge in [0.15, 0.2) is 0 Å². The first-order valence-corrected chi connectivity index (χ1v) is 8.63. The molecule has 0 spiro atoms. The minimum absolute atomic E-state index is 0.658. The lowest BCUT2D eigenvalue weighted by Crippen LogP contribution is -2.01. The molecule has 23 heavy (non-hydrogen) atoms. The predicted molar refractivity (Wildman–Crippen MR) is 102 cm³/mol. The van der Waals surface area contributed by atoms with Gasteiger partial charge in [0.2, 0.25) is 0 Å². The van der Waals surface area contributed by atoms with Crippen molar-refractivity contribution < 1.29 is 4.74 Å². The molecule has 2 aromatic carbocycles. The molecule has 0 aliphatic rings. The average molecular weight is 310 g/mol. The van der Waals surface area contributed by atoms with Gasteiger partial charge in [-0.15, -0.1) is 0 Å². The number of aryl methyl sites for hydroxylation is 2. The van der Waals surface area contributed by atoms with Crippen molar-refractivity contribution in [3.8, 4) is 5.75 Å². The van der Waals surface area contributed by atoms with Crippen LogP contribution < -0.4 is 4.74 Å². The van der Waals surface area contributed by atoms with Crippen LogP contribution in [0.25, 0.3) is 6.08 Å². The lowest BCUT2D eigenvalue weighted by molar-refractivity contribution is 0.348. The zero-order valence-corrected chi connectivity index (χ0v) is 15.2. The van der Waals surface area contributed by atoms with Crippen LogP contribution in [-0.2, 0) is 0 Å². The standard InChI is InChI=1S/C20H24O.C2H6/c1-4-7-18(14-19-9-6-5-8-17(19)3)15-21-20-12-10-16(2)11-13-20;1-2/h5-6,8-14H,4,7,15H2,1-3H3;1-2H3/b18-14+;. The summed E-state index contributed by atoms with van der Waals surface area (Å²) in [5.41, 5.74) is 5.19. The molecular weight excluding hydrogens is 280 g/mol.